The third-order valence-corrected chi connectivity index (χ3v) is 5.43. The second-order valence-electron chi connectivity index (χ2n) is 6.99. The van der Waals surface area contributed by atoms with Gasteiger partial charge in [-0.25, -0.2) is 13.6 Å². The Bertz CT molecular complexity index is 957. The van der Waals surface area contributed by atoms with Gasteiger partial charge in [0.2, 0.25) is 10.0 Å². The predicted molar refractivity (Wildman–Crippen MR) is 110 cm³/mol. The summed E-state index contributed by atoms with van der Waals surface area (Å²) in [4.78, 5) is 24.9. The number of rotatable bonds is 8. The summed E-state index contributed by atoms with van der Waals surface area (Å²) in [6.45, 7) is 2.74. The van der Waals surface area contributed by atoms with E-state index < -0.39 is 10.0 Å². The normalized spacial score (nSPS) is 13.4. The second kappa shape index (κ2) is 9.64. The van der Waals surface area contributed by atoms with Crippen LogP contribution in [0.25, 0.3) is 0 Å². The lowest BCUT2D eigenvalue weighted by Crippen LogP contribution is -3.08. The van der Waals surface area contributed by atoms with Crippen LogP contribution in [0, 0.1) is 0 Å². The van der Waals surface area contributed by atoms with Crippen molar-refractivity contribution < 1.29 is 22.9 Å². The van der Waals surface area contributed by atoms with E-state index >= 15 is 0 Å². The fraction of sp³-hybridized carbons (Fsp3) is 0.300. The maximum Gasteiger partial charge on any atom is 0.275 e. The Morgan fingerprint density at radius 1 is 1.07 bits per heavy atom. The van der Waals surface area contributed by atoms with E-state index in [0.29, 0.717) is 12.1 Å². The molecule has 2 aromatic rings. The van der Waals surface area contributed by atoms with E-state index in [2.05, 4.69) is 10.6 Å². The first-order valence-corrected chi connectivity index (χ1v) is 10.7. The monoisotopic (exact) mass is 419 g/mol. The molecular formula is C20H27N4O4S+. The van der Waals surface area contributed by atoms with E-state index in [1.807, 2.05) is 26.1 Å². The lowest BCUT2D eigenvalue weighted by molar-refractivity contribution is -0.885. The average molecular weight is 420 g/mol. The fourth-order valence-corrected chi connectivity index (χ4v) is 3.44. The van der Waals surface area contributed by atoms with E-state index in [4.69, 9.17) is 5.14 Å². The Balaban J connectivity index is 1.88. The molecule has 9 heteroatoms. The van der Waals surface area contributed by atoms with Crippen molar-refractivity contribution in [2.24, 2.45) is 5.14 Å². The lowest BCUT2D eigenvalue weighted by atomic mass is 10.1. The Morgan fingerprint density at radius 2 is 1.66 bits per heavy atom. The van der Waals surface area contributed by atoms with Crippen LogP contribution in [0.1, 0.15) is 34.5 Å². The van der Waals surface area contributed by atoms with Gasteiger partial charge in [-0.15, -0.1) is 0 Å². The topological polar surface area (TPSA) is 123 Å². The minimum absolute atomic E-state index is 0.0337. The molecule has 0 fully saturated rings. The van der Waals surface area contributed by atoms with Gasteiger partial charge in [0.15, 0.2) is 6.54 Å². The molecule has 2 rings (SSSR count). The van der Waals surface area contributed by atoms with Crippen LogP contribution >= 0.6 is 0 Å². The van der Waals surface area contributed by atoms with Crippen molar-refractivity contribution >= 4 is 21.8 Å². The number of benzene rings is 2. The van der Waals surface area contributed by atoms with Gasteiger partial charge < -0.3 is 15.5 Å². The molecule has 29 heavy (non-hydrogen) atoms. The Hall–Kier alpha value is -2.75. The quantitative estimate of drug-likeness (QED) is 0.464. The molecule has 2 atom stereocenters. The highest BCUT2D eigenvalue weighted by atomic mass is 32.2. The molecule has 1 unspecified atom stereocenters. The van der Waals surface area contributed by atoms with Gasteiger partial charge in [-0.2, -0.15) is 0 Å². The fourth-order valence-electron chi connectivity index (χ4n) is 2.93. The third-order valence-electron chi connectivity index (χ3n) is 4.50. The maximum atomic E-state index is 12.3. The SMILES string of the molecule is CNC(=O)c1ccc(C[NH+](C)CC(=O)N[C@H](C)c2ccc(S(N)(=O)=O)cc2)cc1. The third kappa shape index (κ3) is 6.67. The molecule has 0 aliphatic heterocycles. The molecule has 0 spiro atoms. The summed E-state index contributed by atoms with van der Waals surface area (Å²) in [5.41, 5.74) is 2.40. The molecule has 0 heterocycles. The first-order chi connectivity index (χ1) is 13.6. The van der Waals surface area contributed by atoms with E-state index in [-0.39, 0.29) is 29.3 Å². The molecule has 2 aromatic carbocycles. The van der Waals surface area contributed by atoms with Gasteiger partial charge in [-0.3, -0.25) is 9.59 Å². The van der Waals surface area contributed by atoms with E-state index in [9.17, 15) is 18.0 Å². The first kappa shape index (κ1) is 22.5. The number of quaternary nitrogens is 1. The largest absolute Gasteiger partial charge is 0.355 e. The second-order valence-corrected chi connectivity index (χ2v) is 8.55. The van der Waals surface area contributed by atoms with Crippen LogP contribution in [-0.2, 0) is 21.4 Å². The summed E-state index contributed by atoms with van der Waals surface area (Å²) in [5, 5.41) is 10.6. The molecule has 0 aromatic heterocycles. The number of sulfonamides is 1. The number of nitrogens with two attached hydrogens (primary N) is 1. The Morgan fingerprint density at radius 3 is 2.17 bits per heavy atom. The molecule has 5 N–H and O–H groups in total. The van der Waals surface area contributed by atoms with Crippen molar-refractivity contribution in [3.63, 3.8) is 0 Å². The molecule has 0 radical (unpaired) electrons. The summed E-state index contributed by atoms with van der Waals surface area (Å²) < 4.78 is 22.6. The van der Waals surface area contributed by atoms with Gasteiger partial charge in [0.1, 0.15) is 6.54 Å². The number of carbonyl (C=O) groups excluding carboxylic acids is 2. The van der Waals surface area contributed by atoms with Crippen LogP contribution in [0.5, 0.6) is 0 Å². The van der Waals surface area contributed by atoms with Crippen molar-refractivity contribution in [3.8, 4) is 0 Å². The van der Waals surface area contributed by atoms with Crippen molar-refractivity contribution in [2.75, 3.05) is 20.6 Å². The highest BCUT2D eigenvalue weighted by Gasteiger charge is 2.15. The number of hydrogen-bond acceptors (Lipinski definition) is 4. The lowest BCUT2D eigenvalue weighted by Gasteiger charge is -2.18. The number of primary sulfonamides is 1. The minimum atomic E-state index is -3.74. The summed E-state index contributed by atoms with van der Waals surface area (Å²) in [7, 11) is -0.236. The van der Waals surface area contributed by atoms with E-state index in [1.165, 1.54) is 12.1 Å². The van der Waals surface area contributed by atoms with Crippen molar-refractivity contribution in [1.82, 2.24) is 10.6 Å². The van der Waals surface area contributed by atoms with Crippen LogP contribution in [0.4, 0.5) is 0 Å². The average Bonchev–Trinajstić information content (AvgIpc) is 2.67. The van der Waals surface area contributed by atoms with Gasteiger partial charge >= 0.3 is 0 Å². The molecule has 156 valence electrons. The summed E-state index contributed by atoms with van der Waals surface area (Å²) in [6, 6.07) is 13.1. The van der Waals surface area contributed by atoms with E-state index in [1.54, 1.807) is 31.3 Å². The van der Waals surface area contributed by atoms with Crippen LogP contribution in [0.2, 0.25) is 0 Å². The number of amides is 2. The summed E-state index contributed by atoms with van der Waals surface area (Å²) >= 11 is 0. The Labute approximate surface area is 171 Å². The number of hydrogen-bond donors (Lipinski definition) is 4. The molecule has 0 saturated carbocycles. The van der Waals surface area contributed by atoms with E-state index in [0.717, 1.165) is 16.0 Å². The number of nitrogens with one attached hydrogen (secondary N) is 3. The van der Waals surface area contributed by atoms with Gasteiger partial charge in [-0.1, -0.05) is 24.3 Å². The molecular weight excluding hydrogens is 392 g/mol. The smallest absolute Gasteiger partial charge is 0.275 e. The zero-order valence-electron chi connectivity index (χ0n) is 16.7. The number of carbonyl (C=O) groups is 2. The van der Waals surface area contributed by atoms with Crippen LogP contribution in [0.15, 0.2) is 53.4 Å². The van der Waals surface area contributed by atoms with Crippen LogP contribution < -0.4 is 20.7 Å². The maximum absolute atomic E-state index is 12.3. The minimum Gasteiger partial charge on any atom is -0.355 e. The highest BCUT2D eigenvalue weighted by molar-refractivity contribution is 7.89. The predicted octanol–water partition coefficient (Wildman–Crippen LogP) is -0.414. The molecule has 0 aliphatic carbocycles. The zero-order chi connectivity index (χ0) is 21.6. The highest BCUT2D eigenvalue weighted by Crippen LogP contribution is 2.15. The molecule has 0 aliphatic rings. The van der Waals surface area contributed by atoms with Gasteiger partial charge in [0.05, 0.1) is 18.0 Å². The molecule has 0 saturated heterocycles. The molecule has 8 nitrogen and oxygen atoms in total. The molecule has 0 bridgehead atoms. The number of likely N-dealkylation sites (N-methyl/N-ethyl adjacent to an activating group) is 1. The summed E-state index contributed by atoms with van der Waals surface area (Å²) in [6.07, 6.45) is 0. The van der Waals surface area contributed by atoms with Gasteiger partial charge in [0.25, 0.3) is 11.8 Å². The van der Waals surface area contributed by atoms with Crippen molar-refractivity contribution in [3.05, 3.63) is 65.2 Å². The Kier molecular flexibility index (Phi) is 7.49. The van der Waals surface area contributed by atoms with Gasteiger partial charge in [-0.05, 0) is 36.8 Å². The van der Waals surface area contributed by atoms with Crippen molar-refractivity contribution in [2.45, 2.75) is 24.4 Å². The molecule has 2 amide bonds. The summed E-state index contributed by atoms with van der Waals surface area (Å²) in [5.74, 6) is -0.254. The van der Waals surface area contributed by atoms with Crippen LogP contribution in [-0.4, -0.2) is 40.9 Å². The first-order valence-electron chi connectivity index (χ1n) is 9.14. The van der Waals surface area contributed by atoms with Crippen LogP contribution in [0.3, 0.4) is 0 Å². The van der Waals surface area contributed by atoms with Crippen molar-refractivity contribution in [1.29, 1.82) is 0 Å². The standard InChI is InChI=1S/C20H26N4O4S/c1-14(16-8-10-18(11-9-16)29(21,27)28)23-19(25)13-24(3)12-15-4-6-17(7-5-15)20(26)22-2/h4-11,14H,12-13H2,1-3H3,(H,22,26)(H,23,25)(H2,21,27,28)/p+1/t14-/m1/s1. The van der Waals surface area contributed by atoms with Gasteiger partial charge in [0, 0.05) is 18.2 Å². The zero-order valence-corrected chi connectivity index (χ0v) is 17.5.